The molecular formula is C24H24BrNO2. The Morgan fingerprint density at radius 3 is 2.21 bits per heavy atom. The van der Waals surface area contributed by atoms with Crippen LogP contribution in [0.1, 0.15) is 40.9 Å². The fraction of sp³-hybridized carbons (Fsp3) is 0.208. The van der Waals surface area contributed by atoms with E-state index in [1.807, 2.05) is 86.6 Å². The predicted octanol–water partition coefficient (Wildman–Crippen LogP) is 6.58. The van der Waals surface area contributed by atoms with E-state index in [4.69, 9.17) is 4.74 Å². The Balaban J connectivity index is 1.83. The number of halogens is 1. The summed E-state index contributed by atoms with van der Waals surface area (Å²) in [6.45, 7) is 4.62. The van der Waals surface area contributed by atoms with Crippen molar-refractivity contribution in [2.45, 2.75) is 26.3 Å². The minimum atomic E-state index is -0.134. The van der Waals surface area contributed by atoms with Gasteiger partial charge in [-0.15, -0.1) is 0 Å². The van der Waals surface area contributed by atoms with Gasteiger partial charge in [-0.25, -0.2) is 0 Å². The average molecular weight is 438 g/mol. The molecule has 0 bridgehead atoms. The molecule has 0 saturated heterocycles. The van der Waals surface area contributed by atoms with Crippen LogP contribution in [0.5, 0.6) is 5.75 Å². The van der Waals surface area contributed by atoms with Crippen molar-refractivity contribution >= 4 is 27.4 Å². The molecule has 0 radical (unpaired) electrons. The zero-order chi connectivity index (χ0) is 19.9. The molecule has 1 atom stereocenters. The molecular weight excluding hydrogens is 414 g/mol. The van der Waals surface area contributed by atoms with Crippen LogP contribution in [0.15, 0.2) is 77.3 Å². The number of hydrogen-bond donors (Lipinski definition) is 1. The van der Waals surface area contributed by atoms with Gasteiger partial charge in [0.1, 0.15) is 5.75 Å². The number of ketones is 1. The zero-order valence-corrected chi connectivity index (χ0v) is 17.7. The molecule has 3 aromatic rings. The van der Waals surface area contributed by atoms with Crippen LogP contribution in [0.25, 0.3) is 0 Å². The maximum atomic E-state index is 12.9. The molecule has 0 saturated carbocycles. The number of nitrogens with one attached hydrogen (secondary N) is 1. The van der Waals surface area contributed by atoms with E-state index in [0.29, 0.717) is 13.0 Å². The van der Waals surface area contributed by atoms with Crippen molar-refractivity contribution in [1.82, 2.24) is 0 Å². The van der Waals surface area contributed by atoms with E-state index in [1.165, 1.54) is 0 Å². The van der Waals surface area contributed by atoms with Crippen molar-refractivity contribution in [3.05, 3.63) is 94.0 Å². The van der Waals surface area contributed by atoms with Crippen molar-refractivity contribution in [1.29, 1.82) is 0 Å². The van der Waals surface area contributed by atoms with Crippen LogP contribution in [0.3, 0.4) is 0 Å². The largest absolute Gasteiger partial charge is 0.494 e. The molecule has 0 aliphatic rings. The molecule has 1 unspecified atom stereocenters. The Morgan fingerprint density at radius 1 is 0.964 bits per heavy atom. The fourth-order valence-corrected chi connectivity index (χ4v) is 3.27. The second-order valence-corrected chi connectivity index (χ2v) is 7.61. The molecule has 0 aliphatic heterocycles. The molecule has 0 fully saturated rings. The summed E-state index contributed by atoms with van der Waals surface area (Å²) in [7, 11) is 0. The smallest absolute Gasteiger partial charge is 0.165 e. The van der Waals surface area contributed by atoms with Gasteiger partial charge in [-0.1, -0.05) is 57.9 Å². The first kappa shape index (κ1) is 20.2. The number of rotatable bonds is 8. The van der Waals surface area contributed by atoms with Gasteiger partial charge >= 0.3 is 0 Å². The van der Waals surface area contributed by atoms with E-state index in [-0.39, 0.29) is 11.8 Å². The minimum Gasteiger partial charge on any atom is -0.494 e. The molecule has 144 valence electrons. The lowest BCUT2D eigenvalue weighted by atomic mass is 9.97. The van der Waals surface area contributed by atoms with Gasteiger partial charge in [0.2, 0.25) is 0 Å². The standard InChI is InChI=1S/C24H24BrNO2/c1-3-28-22-14-8-18(9-15-22)23(26-21-12-10-20(25)11-13-21)16-24(27)19-6-4-17(2)5-7-19/h4-15,23,26H,3,16H2,1-2H3. The second kappa shape index (κ2) is 9.56. The SMILES string of the molecule is CCOc1ccc(C(CC(=O)c2ccc(C)cc2)Nc2ccc(Br)cc2)cc1. The highest BCUT2D eigenvalue weighted by Crippen LogP contribution is 2.27. The van der Waals surface area contributed by atoms with E-state index >= 15 is 0 Å². The lowest BCUT2D eigenvalue weighted by Gasteiger charge is -2.20. The first-order chi connectivity index (χ1) is 13.5. The number of carbonyl (C=O) groups excluding carboxylic acids is 1. The molecule has 0 aliphatic carbocycles. The predicted molar refractivity (Wildman–Crippen MR) is 118 cm³/mol. The first-order valence-corrected chi connectivity index (χ1v) is 10.2. The minimum absolute atomic E-state index is 0.114. The molecule has 3 rings (SSSR count). The highest BCUT2D eigenvalue weighted by Gasteiger charge is 2.17. The number of benzene rings is 3. The Bertz CT molecular complexity index is 903. The summed E-state index contributed by atoms with van der Waals surface area (Å²) < 4.78 is 6.56. The zero-order valence-electron chi connectivity index (χ0n) is 16.1. The van der Waals surface area contributed by atoms with E-state index in [2.05, 4.69) is 21.2 Å². The molecule has 3 nitrogen and oxygen atoms in total. The Kier molecular flexibility index (Phi) is 6.88. The molecule has 3 aromatic carbocycles. The number of aryl methyl sites for hydroxylation is 1. The molecule has 0 amide bonds. The first-order valence-electron chi connectivity index (χ1n) is 9.40. The van der Waals surface area contributed by atoms with Crippen molar-refractivity contribution in [3.63, 3.8) is 0 Å². The monoisotopic (exact) mass is 437 g/mol. The Hall–Kier alpha value is -2.59. The molecule has 0 spiro atoms. The Morgan fingerprint density at radius 2 is 1.61 bits per heavy atom. The lowest BCUT2D eigenvalue weighted by molar-refractivity contribution is 0.0976. The maximum absolute atomic E-state index is 12.9. The van der Waals surface area contributed by atoms with Crippen LogP contribution in [0, 0.1) is 6.92 Å². The summed E-state index contributed by atoms with van der Waals surface area (Å²) in [5.41, 5.74) is 3.90. The normalized spacial score (nSPS) is 11.7. The van der Waals surface area contributed by atoms with E-state index < -0.39 is 0 Å². The number of anilines is 1. The molecule has 0 heterocycles. The van der Waals surface area contributed by atoms with Crippen LogP contribution >= 0.6 is 15.9 Å². The van der Waals surface area contributed by atoms with Gasteiger partial charge in [0.25, 0.3) is 0 Å². The number of hydrogen-bond acceptors (Lipinski definition) is 3. The Labute approximate surface area is 174 Å². The molecule has 1 N–H and O–H groups in total. The highest BCUT2D eigenvalue weighted by atomic mass is 79.9. The summed E-state index contributed by atoms with van der Waals surface area (Å²) in [4.78, 5) is 12.9. The summed E-state index contributed by atoms with van der Waals surface area (Å²) in [5.74, 6) is 0.946. The fourth-order valence-electron chi connectivity index (χ4n) is 3.01. The third kappa shape index (κ3) is 5.46. The van der Waals surface area contributed by atoms with Crippen LogP contribution < -0.4 is 10.1 Å². The van der Waals surface area contributed by atoms with Crippen molar-refractivity contribution in [2.75, 3.05) is 11.9 Å². The quantitative estimate of drug-likeness (QED) is 0.404. The van der Waals surface area contributed by atoms with Crippen molar-refractivity contribution in [2.24, 2.45) is 0 Å². The van der Waals surface area contributed by atoms with E-state index in [0.717, 1.165) is 32.6 Å². The van der Waals surface area contributed by atoms with Gasteiger partial charge in [0.05, 0.1) is 12.6 Å². The van der Waals surface area contributed by atoms with Gasteiger partial charge in [-0.2, -0.15) is 0 Å². The second-order valence-electron chi connectivity index (χ2n) is 6.70. The van der Waals surface area contributed by atoms with Crippen molar-refractivity contribution in [3.8, 4) is 5.75 Å². The number of ether oxygens (including phenoxy) is 1. The third-order valence-electron chi connectivity index (χ3n) is 4.54. The lowest BCUT2D eigenvalue weighted by Crippen LogP contribution is -2.16. The summed E-state index contributed by atoms with van der Waals surface area (Å²) >= 11 is 3.46. The van der Waals surface area contributed by atoms with Crippen molar-refractivity contribution < 1.29 is 9.53 Å². The van der Waals surface area contributed by atoms with E-state index in [1.54, 1.807) is 0 Å². The van der Waals surface area contributed by atoms with Crippen LogP contribution in [-0.2, 0) is 0 Å². The maximum Gasteiger partial charge on any atom is 0.165 e. The highest BCUT2D eigenvalue weighted by molar-refractivity contribution is 9.10. The van der Waals surface area contributed by atoms with Crippen LogP contribution in [-0.4, -0.2) is 12.4 Å². The van der Waals surface area contributed by atoms with Gasteiger partial charge < -0.3 is 10.1 Å². The van der Waals surface area contributed by atoms with Gasteiger partial charge in [0, 0.05) is 22.1 Å². The van der Waals surface area contributed by atoms with Gasteiger partial charge in [0.15, 0.2) is 5.78 Å². The van der Waals surface area contributed by atoms with Crippen LogP contribution in [0.4, 0.5) is 5.69 Å². The summed E-state index contributed by atoms with van der Waals surface area (Å²) in [5, 5.41) is 3.50. The van der Waals surface area contributed by atoms with Gasteiger partial charge in [-0.05, 0) is 55.8 Å². The topological polar surface area (TPSA) is 38.3 Å². The van der Waals surface area contributed by atoms with E-state index in [9.17, 15) is 4.79 Å². The van der Waals surface area contributed by atoms with Gasteiger partial charge in [-0.3, -0.25) is 4.79 Å². The summed E-state index contributed by atoms with van der Waals surface area (Å²) in [6.07, 6.45) is 0.368. The summed E-state index contributed by atoms with van der Waals surface area (Å²) in [6, 6.07) is 23.5. The number of Topliss-reactive ketones (excluding diaryl/α,β-unsaturated/α-hetero) is 1. The van der Waals surface area contributed by atoms with Crippen LogP contribution in [0.2, 0.25) is 0 Å². The average Bonchev–Trinajstić information content (AvgIpc) is 2.70. The molecule has 28 heavy (non-hydrogen) atoms. The molecule has 4 heteroatoms. The third-order valence-corrected chi connectivity index (χ3v) is 5.07. The number of carbonyl (C=O) groups is 1. The molecule has 0 aromatic heterocycles.